The largest absolute Gasteiger partial charge is 0.239 e. The molecule has 112 valence electrons. The molecule has 0 saturated heterocycles. The van der Waals surface area contributed by atoms with Crippen LogP contribution in [-0.2, 0) is 0 Å². The maximum absolute atomic E-state index is 13.2. The lowest BCUT2D eigenvalue weighted by Crippen LogP contribution is -2.33. The van der Waals surface area contributed by atoms with E-state index >= 15 is 0 Å². The minimum atomic E-state index is -0.332. The van der Waals surface area contributed by atoms with Crippen LogP contribution in [0.5, 0.6) is 0 Å². The normalized spacial score (nSPS) is 10.5. The molecule has 1 heterocycles. The van der Waals surface area contributed by atoms with Crippen molar-refractivity contribution < 1.29 is 4.39 Å². The molecule has 5 nitrogen and oxygen atoms in total. The molecule has 3 rings (SSSR count). The number of anilines is 2. The Morgan fingerprint density at radius 1 is 1.09 bits per heavy atom. The summed E-state index contributed by atoms with van der Waals surface area (Å²) >= 11 is 12.3. The summed E-state index contributed by atoms with van der Waals surface area (Å²) in [5.74, 6) is -0.332. The molecular formula is C14H10Cl2FN5. The van der Waals surface area contributed by atoms with Gasteiger partial charge in [-0.15, -0.1) is 9.89 Å². The smallest absolute Gasteiger partial charge is 0.139 e. The standard InChI is InChI=1S/C14H10Cl2FN5/c15-10-1-6-13(16)14(7-10)22(20-21-9-18-8-19-21)12-4-2-11(17)3-5-12/h1-9,20H. The molecular weight excluding hydrogens is 328 g/mol. The minimum absolute atomic E-state index is 0.332. The average molecular weight is 338 g/mol. The van der Waals surface area contributed by atoms with Crippen LogP contribution in [0.1, 0.15) is 0 Å². The van der Waals surface area contributed by atoms with Crippen molar-refractivity contribution in [1.82, 2.24) is 14.9 Å². The van der Waals surface area contributed by atoms with Gasteiger partial charge in [-0.3, -0.25) is 0 Å². The highest BCUT2D eigenvalue weighted by Gasteiger charge is 2.14. The van der Waals surface area contributed by atoms with Gasteiger partial charge in [0, 0.05) is 5.02 Å². The van der Waals surface area contributed by atoms with E-state index in [0.717, 1.165) is 0 Å². The molecule has 8 heteroatoms. The van der Waals surface area contributed by atoms with Gasteiger partial charge in [0.2, 0.25) is 0 Å². The van der Waals surface area contributed by atoms with Gasteiger partial charge in [0.1, 0.15) is 18.5 Å². The first-order valence-electron chi connectivity index (χ1n) is 6.25. The minimum Gasteiger partial charge on any atom is -0.239 e. The van der Waals surface area contributed by atoms with Crippen LogP contribution >= 0.6 is 23.2 Å². The van der Waals surface area contributed by atoms with Gasteiger partial charge in [0.25, 0.3) is 0 Å². The van der Waals surface area contributed by atoms with E-state index in [1.165, 1.54) is 29.6 Å². The Hall–Kier alpha value is -2.31. The van der Waals surface area contributed by atoms with E-state index in [-0.39, 0.29) is 5.82 Å². The number of hydrogen-bond donors (Lipinski definition) is 1. The Bertz CT molecular complexity index is 761. The van der Waals surface area contributed by atoms with Crippen molar-refractivity contribution in [3.63, 3.8) is 0 Å². The SMILES string of the molecule is Fc1ccc(N(Nn2cncn2)c2cc(Cl)ccc2Cl)cc1. The van der Waals surface area contributed by atoms with Crippen molar-refractivity contribution in [2.24, 2.45) is 0 Å². The summed E-state index contributed by atoms with van der Waals surface area (Å²) < 4.78 is 13.2. The number of nitrogens with zero attached hydrogens (tertiary/aromatic N) is 4. The van der Waals surface area contributed by atoms with Crippen LogP contribution in [0.25, 0.3) is 0 Å². The summed E-state index contributed by atoms with van der Waals surface area (Å²) in [6.07, 6.45) is 2.87. The highest BCUT2D eigenvalue weighted by atomic mass is 35.5. The zero-order valence-corrected chi connectivity index (χ0v) is 12.6. The zero-order chi connectivity index (χ0) is 15.5. The molecule has 0 spiro atoms. The third-order valence-corrected chi connectivity index (χ3v) is 3.41. The predicted molar refractivity (Wildman–Crippen MR) is 84.4 cm³/mol. The topological polar surface area (TPSA) is 46.0 Å². The third kappa shape index (κ3) is 3.13. The second-order valence-electron chi connectivity index (χ2n) is 4.35. The first-order chi connectivity index (χ1) is 10.6. The molecule has 0 bridgehead atoms. The Morgan fingerprint density at radius 3 is 2.55 bits per heavy atom. The predicted octanol–water partition coefficient (Wildman–Crippen LogP) is 4.02. The number of aromatic nitrogens is 3. The number of rotatable bonds is 4. The molecule has 22 heavy (non-hydrogen) atoms. The molecule has 0 aliphatic rings. The van der Waals surface area contributed by atoms with Crippen molar-refractivity contribution in [2.45, 2.75) is 0 Å². The van der Waals surface area contributed by atoms with Crippen LogP contribution < -0.4 is 10.5 Å². The van der Waals surface area contributed by atoms with Gasteiger partial charge in [-0.25, -0.2) is 19.9 Å². The van der Waals surface area contributed by atoms with E-state index in [2.05, 4.69) is 15.6 Å². The summed E-state index contributed by atoms with van der Waals surface area (Å²) in [5.41, 5.74) is 4.24. The van der Waals surface area contributed by atoms with E-state index in [9.17, 15) is 4.39 Å². The molecule has 0 fully saturated rings. The van der Waals surface area contributed by atoms with Gasteiger partial charge in [-0.05, 0) is 42.5 Å². The molecule has 0 unspecified atom stereocenters. The molecule has 0 radical (unpaired) electrons. The Kier molecular flexibility index (Phi) is 4.13. The Morgan fingerprint density at radius 2 is 1.86 bits per heavy atom. The molecule has 3 aromatic rings. The van der Waals surface area contributed by atoms with Crippen LogP contribution in [0, 0.1) is 5.82 Å². The summed E-state index contributed by atoms with van der Waals surface area (Å²) in [6, 6.07) is 11.0. The van der Waals surface area contributed by atoms with Crippen LogP contribution in [0.2, 0.25) is 10.0 Å². The maximum atomic E-state index is 13.2. The molecule has 0 aliphatic carbocycles. The second-order valence-corrected chi connectivity index (χ2v) is 5.19. The van der Waals surface area contributed by atoms with E-state index in [1.807, 2.05) is 0 Å². The highest BCUT2D eigenvalue weighted by Crippen LogP contribution is 2.33. The molecule has 2 aromatic carbocycles. The molecule has 1 aromatic heterocycles. The fraction of sp³-hybridized carbons (Fsp3) is 0. The van der Waals surface area contributed by atoms with Gasteiger partial charge in [0.15, 0.2) is 0 Å². The lowest BCUT2D eigenvalue weighted by Gasteiger charge is -2.26. The summed E-state index contributed by atoms with van der Waals surface area (Å²) in [6.45, 7) is 0. The van der Waals surface area contributed by atoms with E-state index in [4.69, 9.17) is 23.2 Å². The number of benzene rings is 2. The first kappa shape index (κ1) is 14.6. The summed E-state index contributed by atoms with van der Waals surface area (Å²) in [7, 11) is 0. The lowest BCUT2D eigenvalue weighted by molar-refractivity contribution is 0.627. The van der Waals surface area contributed by atoms with E-state index < -0.39 is 0 Å². The molecule has 1 N–H and O–H groups in total. The second kappa shape index (κ2) is 6.21. The van der Waals surface area contributed by atoms with Gasteiger partial charge < -0.3 is 0 Å². The number of hydrogen-bond acceptors (Lipinski definition) is 4. The molecule has 0 saturated carbocycles. The molecule has 0 aliphatic heterocycles. The lowest BCUT2D eigenvalue weighted by atomic mass is 10.2. The van der Waals surface area contributed by atoms with Crippen LogP contribution in [0.15, 0.2) is 55.1 Å². The van der Waals surface area contributed by atoms with Gasteiger partial charge >= 0.3 is 0 Å². The van der Waals surface area contributed by atoms with Crippen LogP contribution in [0.4, 0.5) is 15.8 Å². The molecule has 0 amide bonds. The number of nitrogens with one attached hydrogen (secondary N) is 1. The zero-order valence-electron chi connectivity index (χ0n) is 11.1. The molecule has 0 atom stereocenters. The van der Waals surface area contributed by atoms with Crippen molar-refractivity contribution in [2.75, 3.05) is 10.5 Å². The fourth-order valence-corrected chi connectivity index (χ4v) is 2.23. The first-order valence-corrected chi connectivity index (χ1v) is 7.01. The summed E-state index contributed by atoms with van der Waals surface area (Å²) in [5, 5.41) is 6.60. The monoisotopic (exact) mass is 337 g/mol. The number of halogens is 3. The van der Waals surface area contributed by atoms with E-state index in [1.54, 1.807) is 35.3 Å². The van der Waals surface area contributed by atoms with Gasteiger partial charge in [0.05, 0.1) is 16.4 Å². The van der Waals surface area contributed by atoms with Gasteiger partial charge in [-0.1, -0.05) is 23.2 Å². The van der Waals surface area contributed by atoms with Gasteiger partial charge in [-0.2, -0.15) is 0 Å². The Labute approximate surface area is 135 Å². The maximum Gasteiger partial charge on any atom is 0.139 e. The van der Waals surface area contributed by atoms with E-state index in [0.29, 0.717) is 21.4 Å². The van der Waals surface area contributed by atoms with Crippen molar-refractivity contribution in [1.29, 1.82) is 0 Å². The van der Waals surface area contributed by atoms with Crippen LogP contribution in [-0.4, -0.2) is 14.9 Å². The third-order valence-electron chi connectivity index (χ3n) is 2.86. The summed E-state index contributed by atoms with van der Waals surface area (Å²) in [4.78, 5) is 5.25. The average Bonchev–Trinajstić information content (AvgIpc) is 3.02. The van der Waals surface area contributed by atoms with Crippen molar-refractivity contribution in [3.05, 3.63) is 71.0 Å². The van der Waals surface area contributed by atoms with Crippen molar-refractivity contribution in [3.8, 4) is 0 Å². The van der Waals surface area contributed by atoms with Crippen molar-refractivity contribution >= 4 is 34.6 Å². The fourth-order valence-electron chi connectivity index (χ4n) is 1.86. The van der Waals surface area contributed by atoms with Crippen LogP contribution in [0.3, 0.4) is 0 Å². The Balaban J connectivity index is 2.05. The highest BCUT2D eigenvalue weighted by molar-refractivity contribution is 6.35. The number of hydrazine groups is 1. The quantitative estimate of drug-likeness (QED) is 0.730.